The molecule has 0 aromatic heterocycles. The van der Waals surface area contributed by atoms with E-state index < -0.39 is 17.6 Å². The SMILES string of the molecule is Nc1cc(Cl)cc(C(=O)OCc2cc(F)cc(F)c2)c1. The number of carbonyl (C=O) groups excluding carboxylic acids is 1. The topological polar surface area (TPSA) is 52.3 Å². The van der Waals surface area contributed by atoms with E-state index in [1.807, 2.05) is 0 Å². The number of esters is 1. The molecule has 2 aromatic carbocycles. The first-order chi connectivity index (χ1) is 9.44. The number of anilines is 1. The summed E-state index contributed by atoms with van der Waals surface area (Å²) in [6.45, 7) is -0.250. The summed E-state index contributed by atoms with van der Waals surface area (Å²) < 4.78 is 30.9. The van der Waals surface area contributed by atoms with Crippen LogP contribution in [-0.2, 0) is 11.3 Å². The van der Waals surface area contributed by atoms with E-state index in [2.05, 4.69) is 0 Å². The minimum atomic E-state index is -0.733. The van der Waals surface area contributed by atoms with Crippen molar-refractivity contribution in [3.8, 4) is 0 Å². The van der Waals surface area contributed by atoms with E-state index in [4.69, 9.17) is 22.1 Å². The molecule has 0 fully saturated rings. The van der Waals surface area contributed by atoms with Crippen molar-refractivity contribution >= 4 is 23.3 Å². The Morgan fingerprint density at radius 1 is 1.10 bits per heavy atom. The number of halogens is 3. The van der Waals surface area contributed by atoms with Crippen molar-refractivity contribution in [1.29, 1.82) is 0 Å². The average molecular weight is 298 g/mol. The highest BCUT2D eigenvalue weighted by molar-refractivity contribution is 6.31. The van der Waals surface area contributed by atoms with Gasteiger partial charge >= 0.3 is 5.97 Å². The number of rotatable bonds is 3. The van der Waals surface area contributed by atoms with Gasteiger partial charge < -0.3 is 10.5 Å². The molecule has 0 saturated carbocycles. The van der Waals surface area contributed by atoms with E-state index >= 15 is 0 Å². The van der Waals surface area contributed by atoms with E-state index in [1.165, 1.54) is 18.2 Å². The number of nitrogens with two attached hydrogens (primary N) is 1. The molecule has 0 radical (unpaired) electrons. The molecule has 20 heavy (non-hydrogen) atoms. The second-order valence-corrected chi connectivity index (χ2v) is 4.56. The number of ether oxygens (including phenoxy) is 1. The van der Waals surface area contributed by atoms with Gasteiger partial charge in [-0.2, -0.15) is 0 Å². The van der Waals surface area contributed by atoms with Crippen LogP contribution in [0, 0.1) is 11.6 Å². The normalized spacial score (nSPS) is 10.3. The zero-order valence-electron chi connectivity index (χ0n) is 10.2. The van der Waals surface area contributed by atoms with Gasteiger partial charge in [0.2, 0.25) is 0 Å². The van der Waals surface area contributed by atoms with Gasteiger partial charge in [-0.05, 0) is 35.9 Å². The van der Waals surface area contributed by atoms with E-state index in [9.17, 15) is 13.6 Å². The molecule has 0 saturated heterocycles. The molecule has 2 rings (SSSR count). The largest absolute Gasteiger partial charge is 0.457 e. The van der Waals surface area contributed by atoms with Gasteiger partial charge in [0, 0.05) is 16.8 Å². The zero-order chi connectivity index (χ0) is 14.7. The second-order valence-electron chi connectivity index (χ2n) is 4.13. The first-order valence-corrected chi connectivity index (χ1v) is 6.00. The predicted molar refractivity (Wildman–Crippen MR) is 71.3 cm³/mol. The summed E-state index contributed by atoms with van der Waals surface area (Å²) in [5, 5.41) is 0.300. The third kappa shape index (κ3) is 3.68. The minimum Gasteiger partial charge on any atom is -0.457 e. The van der Waals surface area contributed by atoms with E-state index in [-0.39, 0.29) is 17.7 Å². The van der Waals surface area contributed by atoms with E-state index in [0.29, 0.717) is 10.7 Å². The van der Waals surface area contributed by atoms with Gasteiger partial charge in [0.25, 0.3) is 0 Å². The van der Waals surface area contributed by atoms with Crippen molar-refractivity contribution in [2.45, 2.75) is 6.61 Å². The lowest BCUT2D eigenvalue weighted by atomic mass is 10.2. The molecule has 2 aromatic rings. The van der Waals surface area contributed by atoms with Gasteiger partial charge in [-0.25, -0.2) is 13.6 Å². The molecule has 0 aliphatic rings. The standard InChI is InChI=1S/C14H10ClF2NO2/c15-10-3-9(4-13(18)5-10)14(19)20-7-8-1-11(16)6-12(17)2-8/h1-6H,7,18H2. The maximum atomic E-state index is 13.0. The summed E-state index contributed by atoms with van der Waals surface area (Å²) >= 11 is 5.77. The summed E-state index contributed by atoms with van der Waals surface area (Å²) in [7, 11) is 0. The zero-order valence-corrected chi connectivity index (χ0v) is 11.0. The average Bonchev–Trinajstić information content (AvgIpc) is 2.33. The maximum Gasteiger partial charge on any atom is 0.338 e. The summed E-state index contributed by atoms with van der Waals surface area (Å²) in [6.07, 6.45) is 0. The highest BCUT2D eigenvalue weighted by atomic mass is 35.5. The van der Waals surface area contributed by atoms with Gasteiger partial charge in [0.1, 0.15) is 18.2 Å². The molecule has 0 amide bonds. The van der Waals surface area contributed by atoms with E-state index in [1.54, 1.807) is 0 Å². The minimum absolute atomic E-state index is 0.173. The molecule has 104 valence electrons. The van der Waals surface area contributed by atoms with Crippen molar-refractivity contribution in [3.05, 3.63) is 64.2 Å². The molecular weight excluding hydrogens is 288 g/mol. The first-order valence-electron chi connectivity index (χ1n) is 5.62. The second kappa shape index (κ2) is 5.88. The van der Waals surface area contributed by atoms with Crippen LogP contribution >= 0.6 is 11.6 Å². The van der Waals surface area contributed by atoms with Crippen molar-refractivity contribution < 1.29 is 18.3 Å². The summed E-state index contributed by atoms with van der Waals surface area (Å²) in [4.78, 5) is 11.8. The monoisotopic (exact) mass is 297 g/mol. The number of hydrogen-bond acceptors (Lipinski definition) is 3. The van der Waals surface area contributed by atoms with E-state index in [0.717, 1.165) is 18.2 Å². The van der Waals surface area contributed by atoms with Crippen LogP contribution in [0.4, 0.5) is 14.5 Å². The van der Waals surface area contributed by atoms with Gasteiger partial charge in [-0.1, -0.05) is 11.6 Å². The van der Waals surface area contributed by atoms with Crippen LogP contribution in [0.2, 0.25) is 5.02 Å². The van der Waals surface area contributed by atoms with Crippen molar-refractivity contribution in [2.24, 2.45) is 0 Å². The van der Waals surface area contributed by atoms with Crippen LogP contribution in [0.1, 0.15) is 15.9 Å². The molecule has 0 bridgehead atoms. The Labute approximate surface area is 118 Å². The van der Waals surface area contributed by atoms with Gasteiger partial charge in [-0.15, -0.1) is 0 Å². The number of hydrogen-bond donors (Lipinski definition) is 1. The Kier molecular flexibility index (Phi) is 4.20. The van der Waals surface area contributed by atoms with Crippen LogP contribution in [0.5, 0.6) is 0 Å². The third-order valence-corrected chi connectivity index (χ3v) is 2.67. The van der Waals surface area contributed by atoms with Crippen molar-refractivity contribution in [2.75, 3.05) is 5.73 Å². The van der Waals surface area contributed by atoms with Crippen LogP contribution in [0.3, 0.4) is 0 Å². The molecule has 6 heteroatoms. The lowest BCUT2D eigenvalue weighted by molar-refractivity contribution is 0.0472. The molecular formula is C14H10ClF2NO2. The summed E-state index contributed by atoms with van der Waals surface area (Å²) in [6, 6.07) is 7.20. The Balaban J connectivity index is 2.08. The Bertz CT molecular complexity index is 621. The molecule has 3 nitrogen and oxygen atoms in total. The smallest absolute Gasteiger partial charge is 0.338 e. The molecule has 0 heterocycles. The number of nitrogen functional groups attached to an aromatic ring is 1. The van der Waals surface area contributed by atoms with Crippen LogP contribution in [0.25, 0.3) is 0 Å². The van der Waals surface area contributed by atoms with Crippen LogP contribution < -0.4 is 5.73 Å². The van der Waals surface area contributed by atoms with Gasteiger partial charge in [0.15, 0.2) is 0 Å². The van der Waals surface area contributed by atoms with Crippen molar-refractivity contribution in [3.63, 3.8) is 0 Å². The third-order valence-electron chi connectivity index (χ3n) is 2.45. The summed E-state index contributed by atoms with van der Waals surface area (Å²) in [5.41, 5.74) is 6.26. The molecule has 0 spiro atoms. The fourth-order valence-corrected chi connectivity index (χ4v) is 1.90. The van der Waals surface area contributed by atoms with Crippen molar-refractivity contribution in [1.82, 2.24) is 0 Å². The molecule has 2 N–H and O–H groups in total. The van der Waals surface area contributed by atoms with Crippen LogP contribution in [-0.4, -0.2) is 5.97 Å². The number of carbonyl (C=O) groups is 1. The Morgan fingerprint density at radius 3 is 2.35 bits per heavy atom. The Hall–Kier alpha value is -2.14. The van der Waals surface area contributed by atoms with Gasteiger partial charge in [-0.3, -0.25) is 0 Å². The molecule has 0 aliphatic heterocycles. The first kappa shape index (κ1) is 14.3. The summed E-state index contributed by atoms with van der Waals surface area (Å²) in [5.74, 6) is -2.14. The fraction of sp³-hybridized carbons (Fsp3) is 0.0714. The van der Waals surface area contributed by atoms with Gasteiger partial charge in [0.05, 0.1) is 5.56 Å². The molecule has 0 unspecified atom stereocenters. The highest BCUT2D eigenvalue weighted by Gasteiger charge is 2.10. The van der Waals surface area contributed by atoms with Crippen LogP contribution in [0.15, 0.2) is 36.4 Å². The molecule has 0 atom stereocenters. The fourth-order valence-electron chi connectivity index (χ4n) is 1.66. The lowest BCUT2D eigenvalue weighted by Crippen LogP contribution is -2.06. The predicted octanol–water partition coefficient (Wildman–Crippen LogP) is 3.56. The molecule has 0 aliphatic carbocycles. The lowest BCUT2D eigenvalue weighted by Gasteiger charge is -2.06. The maximum absolute atomic E-state index is 13.0. The highest BCUT2D eigenvalue weighted by Crippen LogP contribution is 2.18. The quantitative estimate of drug-likeness (QED) is 0.696. The Morgan fingerprint density at radius 2 is 1.75 bits per heavy atom. The number of benzene rings is 2.